The SMILES string of the molecule is Cc1nccnc1-n1c(=O)c(N)nc2ccc(Cl)cc21. The fourth-order valence-corrected chi connectivity index (χ4v) is 2.17. The molecular weight excluding hydrogens is 278 g/mol. The second-order valence-corrected chi connectivity index (χ2v) is 4.67. The summed E-state index contributed by atoms with van der Waals surface area (Å²) < 4.78 is 1.38. The highest BCUT2D eigenvalue weighted by Gasteiger charge is 2.13. The van der Waals surface area contributed by atoms with Gasteiger partial charge in [-0.3, -0.25) is 14.3 Å². The number of aryl methyl sites for hydroxylation is 1. The van der Waals surface area contributed by atoms with E-state index in [0.717, 1.165) is 0 Å². The summed E-state index contributed by atoms with van der Waals surface area (Å²) in [5, 5.41) is 0.499. The average Bonchev–Trinajstić information content (AvgIpc) is 2.42. The molecular formula is C13H10ClN5O. The Labute approximate surface area is 118 Å². The standard InChI is InChI=1S/C13H10ClN5O/c1-7-12(17-5-4-16-7)19-10-6-8(14)2-3-9(10)18-11(15)13(19)20/h2-6H,1H3,(H2,15,18). The maximum absolute atomic E-state index is 12.3. The molecule has 3 aromatic rings. The fourth-order valence-electron chi connectivity index (χ4n) is 2.00. The van der Waals surface area contributed by atoms with E-state index in [2.05, 4.69) is 15.0 Å². The maximum atomic E-state index is 12.3. The smallest absolute Gasteiger partial charge is 0.299 e. The predicted molar refractivity (Wildman–Crippen MR) is 77.1 cm³/mol. The molecule has 2 heterocycles. The topological polar surface area (TPSA) is 86.7 Å². The molecule has 0 aliphatic heterocycles. The number of nitrogen functional groups attached to an aromatic ring is 1. The Morgan fingerprint density at radius 2 is 2.00 bits per heavy atom. The van der Waals surface area contributed by atoms with Crippen LogP contribution in [0.4, 0.5) is 5.82 Å². The fraction of sp³-hybridized carbons (Fsp3) is 0.0769. The van der Waals surface area contributed by atoms with Crippen molar-refractivity contribution in [2.45, 2.75) is 6.92 Å². The van der Waals surface area contributed by atoms with E-state index in [4.69, 9.17) is 17.3 Å². The van der Waals surface area contributed by atoms with Crippen molar-refractivity contribution in [1.82, 2.24) is 19.5 Å². The Kier molecular flexibility index (Phi) is 2.87. The second kappa shape index (κ2) is 4.57. The highest BCUT2D eigenvalue weighted by Crippen LogP contribution is 2.20. The molecule has 0 aliphatic carbocycles. The lowest BCUT2D eigenvalue weighted by molar-refractivity contribution is 0.928. The number of hydrogen-bond acceptors (Lipinski definition) is 5. The van der Waals surface area contributed by atoms with Crippen LogP contribution in [0, 0.1) is 6.92 Å². The van der Waals surface area contributed by atoms with Gasteiger partial charge in [-0.05, 0) is 25.1 Å². The number of fused-ring (bicyclic) bond motifs is 1. The first-order chi connectivity index (χ1) is 9.58. The second-order valence-electron chi connectivity index (χ2n) is 4.24. The van der Waals surface area contributed by atoms with Crippen molar-refractivity contribution in [1.29, 1.82) is 0 Å². The summed E-state index contributed by atoms with van der Waals surface area (Å²) >= 11 is 6.00. The van der Waals surface area contributed by atoms with Gasteiger partial charge in [0.05, 0.1) is 16.7 Å². The van der Waals surface area contributed by atoms with Crippen LogP contribution < -0.4 is 11.3 Å². The van der Waals surface area contributed by atoms with Crippen molar-refractivity contribution in [2.75, 3.05) is 5.73 Å². The Morgan fingerprint density at radius 3 is 2.75 bits per heavy atom. The summed E-state index contributed by atoms with van der Waals surface area (Å²) in [6.45, 7) is 1.77. The third-order valence-electron chi connectivity index (χ3n) is 2.91. The number of anilines is 1. The number of nitrogens with zero attached hydrogens (tertiary/aromatic N) is 4. The molecule has 0 unspecified atom stereocenters. The Morgan fingerprint density at radius 1 is 1.25 bits per heavy atom. The van der Waals surface area contributed by atoms with Gasteiger partial charge in [-0.2, -0.15) is 0 Å². The minimum atomic E-state index is -0.441. The molecule has 2 aromatic heterocycles. The van der Waals surface area contributed by atoms with E-state index in [0.29, 0.717) is 27.6 Å². The largest absolute Gasteiger partial charge is 0.379 e. The van der Waals surface area contributed by atoms with E-state index in [1.807, 2.05) is 0 Å². The normalized spacial score (nSPS) is 10.9. The molecule has 20 heavy (non-hydrogen) atoms. The molecule has 0 spiro atoms. The zero-order chi connectivity index (χ0) is 14.3. The molecule has 0 atom stereocenters. The number of halogens is 1. The van der Waals surface area contributed by atoms with Gasteiger partial charge in [0.1, 0.15) is 0 Å². The molecule has 6 nitrogen and oxygen atoms in total. The lowest BCUT2D eigenvalue weighted by Crippen LogP contribution is -2.25. The minimum absolute atomic E-state index is 0.0927. The highest BCUT2D eigenvalue weighted by molar-refractivity contribution is 6.31. The molecule has 100 valence electrons. The number of aromatic nitrogens is 4. The first-order valence-electron chi connectivity index (χ1n) is 5.83. The third-order valence-corrected chi connectivity index (χ3v) is 3.14. The molecule has 0 aliphatic rings. The molecule has 7 heteroatoms. The van der Waals surface area contributed by atoms with Gasteiger partial charge in [-0.1, -0.05) is 11.6 Å². The molecule has 0 saturated carbocycles. The van der Waals surface area contributed by atoms with Crippen molar-refractivity contribution in [3.05, 3.63) is 51.7 Å². The monoisotopic (exact) mass is 287 g/mol. The summed E-state index contributed by atoms with van der Waals surface area (Å²) in [7, 11) is 0. The average molecular weight is 288 g/mol. The van der Waals surface area contributed by atoms with Gasteiger partial charge in [0.25, 0.3) is 5.56 Å². The van der Waals surface area contributed by atoms with E-state index in [-0.39, 0.29) is 5.82 Å². The molecule has 0 saturated heterocycles. The van der Waals surface area contributed by atoms with Gasteiger partial charge in [0.2, 0.25) is 0 Å². The Bertz CT molecular complexity index is 874. The number of hydrogen-bond donors (Lipinski definition) is 1. The molecule has 0 bridgehead atoms. The first-order valence-corrected chi connectivity index (χ1v) is 6.21. The van der Waals surface area contributed by atoms with Crippen LogP contribution in [0.1, 0.15) is 5.69 Å². The number of nitrogens with two attached hydrogens (primary N) is 1. The van der Waals surface area contributed by atoms with Crippen LogP contribution in [0.15, 0.2) is 35.4 Å². The van der Waals surface area contributed by atoms with Gasteiger partial charge in [-0.15, -0.1) is 0 Å². The number of benzene rings is 1. The summed E-state index contributed by atoms with van der Waals surface area (Å²) in [5.74, 6) is 0.323. The van der Waals surface area contributed by atoms with E-state index in [1.54, 1.807) is 31.3 Å². The Balaban J connectivity index is 2.51. The van der Waals surface area contributed by atoms with Crippen molar-refractivity contribution in [2.24, 2.45) is 0 Å². The van der Waals surface area contributed by atoms with Gasteiger partial charge >= 0.3 is 0 Å². The molecule has 0 fully saturated rings. The van der Waals surface area contributed by atoms with Gasteiger partial charge < -0.3 is 5.73 Å². The highest BCUT2D eigenvalue weighted by atomic mass is 35.5. The van der Waals surface area contributed by atoms with Crippen LogP contribution in [0.25, 0.3) is 16.9 Å². The molecule has 1 aromatic carbocycles. The van der Waals surface area contributed by atoms with E-state index >= 15 is 0 Å². The quantitative estimate of drug-likeness (QED) is 0.736. The summed E-state index contributed by atoms with van der Waals surface area (Å²) in [6.07, 6.45) is 3.07. The molecule has 2 N–H and O–H groups in total. The summed E-state index contributed by atoms with van der Waals surface area (Å²) in [4.78, 5) is 24.7. The Hall–Kier alpha value is -2.47. The van der Waals surface area contributed by atoms with E-state index in [1.165, 1.54) is 10.8 Å². The molecule has 3 rings (SSSR count). The van der Waals surface area contributed by atoms with Gasteiger partial charge in [0.15, 0.2) is 11.6 Å². The van der Waals surface area contributed by atoms with E-state index < -0.39 is 5.56 Å². The van der Waals surface area contributed by atoms with Crippen LogP contribution in [0.5, 0.6) is 0 Å². The summed E-state index contributed by atoms with van der Waals surface area (Å²) in [5.41, 5.74) is 6.97. The minimum Gasteiger partial charge on any atom is -0.379 e. The van der Waals surface area contributed by atoms with Crippen molar-refractivity contribution < 1.29 is 0 Å². The molecule has 0 amide bonds. The third kappa shape index (κ3) is 1.90. The number of rotatable bonds is 1. The van der Waals surface area contributed by atoms with Crippen molar-refractivity contribution >= 4 is 28.5 Å². The van der Waals surface area contributed by atoms with E-state index in [9.17, 15) is 4.79 Å². The van der Waals surface area contributed by atoms with Crippen LogP contribution in [0.3, 0.4) is 0 Å². The predicted octanol–water partition coefficient (Wildman–Crippen LogP) is 1.72. The zero-order valence-electron chi connectivity index (χ0n) is 10.5. The summed E-state index contributed by atoms with van der Waals surface area (Å²) in [6, 6.07) is 5.04. The first kappa shape index (κ1) is 12.6. The van der Waals surface area contributed by atoms with Crippen molar-refractivity contribution in [3.8, 4) is 5.82 Å². The van der Waals surface area contributed by atoms with Gasteiger partial charge in [0, 0.05) is 17.4 Å². The van der Waals surface area contributed by atoms with Crippen LogP contribution >= 0.6 is 11.6 Å². The maximum Gasteiger partial charge on any atom is 0.299 e. The van der Waals surface area contributed by atoms with Crippen LogP contribution in [-0.4, -0.2) is 19.5 Å². The zero-order valence-corrected chi connectivity index (χ0v) is 11.3. The van der Waals surface area contributed by atoms with Crippen LogP contribution in [0.2, 0.25) is 5.02 Å². The molecule has 0 radical (unpaired) electrons. The van der Waals surface area contributed by atoms with Crippen molar-refractivity contribution in [3.63, 3.8) is 0 Å². The van der Waals surface area contributed by atoms with Crippen LogP contribution in [-0.2, 0) is 0 Å². The lowest BCUT2D eigenvalue weighted by atomic mass is 10.3. The van der Waals surface area contributed by atoms with Gasteiger partial charge in [-0.25, -0.2) is 9.97 Å². The lowest BCUT2D eigenvalue weighted by Gasteiger charge is -2.11.